The fourth-order valence-electron chi connectivity index (χ4n) is 1.94. The molecule has 0 aliphatic rings. The zero-order valence-electron chi connectivity index (χ0n) is 11.0. The monoisotopic (exact) mass is 317 g/mol. The number of benzene rings is 2. The SMILES string of the molecule is Cc1ccc(NC(=O)Cc2ccc(Br)cc2)c(C)c1. The predicted molar refractivity (Wildman–Crippen MR) is 82.4 cm³/mol. The Balaban J connectivity index is 2.03. The molecule has 0 aromatic heterocycles. The van der Waals surface area contributed by atoms with Crippen LogP contribution in [0.15, 0.2) is 46.9 Å². The Morgan fingerprint density at radius 3 is 2.42 bits per heavy atom. The average molecular weight is 318 g/mol. The fraction of sp³-hybridized carbons (Fsp3) is 0.188. The zero-order chi connectivity index (χ0) is 13.8. The van der Waals surface area contributed by atoms with Gasteiger partial charge in [-0.05, 0) is 43.2 Å². The van der Waals surface area contributed by atoms with Crippen molar-refractivity contribution in [2.45, 2.75) is 20.3 Å². The van der Waals surface area contributed by atoms with Gasteiger partial charge in [0.25, 0.3) is 0 Å². The van der Waals surface area contributed by atoms with E-state index in [-0.39, 0.29) is 5.91 Å². The van der Waals surface area contributed by atoms with Crippen LogP contribution in [0.5, 0.6) is 0 Å². The molecule has 98 valence electrons. The first-order valence-corrected chi connectivity index (χ1v) is 6.95. The third kappa shape index (κ3) is 3.93. The number of carbonyl (C=O) groups excluding carboxylic acids is 1. The van der Waals surface area contributed by atoms with E-state index in [4.69, 9.17) is 0 Å². The summed E-state index contributed by atoms with van der Waals surface area (Å²) >= 11 is 3.38. The molecule has 0 bridgehead atoms. The maximum Gasteiger partial charge on any atom is 0.228 e. The van der Waals surface area contributed by atoms with Crippen LogP contribution >= 0.6 is 15.9 Å². The number of halogens is 1. The van der Waals surface area contributed by atoms with Crippen molar-refractivity contribution in [2.24, 2.45) is 0 Å². The third-order valence-corrected chi connectivity index (χ3v) is 3.46. The van der Waals surface area contributed by atoms with Crippen LogP contribution in [0.1, 0.15) is 16.7 Å². The van der Waals surface area contributed by atoms with Gasteiger partial charge in [-0.25, -0.2) is 0 Å². The number of anilines is 1. The number of hydrogen-bond acceptors (Lipinski definition) is 1. The Bertz CT molecular complexity index is 590. The lowest BCUT2D eigenvalue weighted by atomic mass is 10.1. The largest absolute Gasteiger partial charge is 0.326 e. The standard InChI is InChI=1S/C16H16BrNO/c1-11-3-8-15(12(2)9-11)18-16(19)10-13-4-6-14(17)7-5-13/h3-9H,10H2,1-2H3,(H,18,19). The highest BCUT2D eigenvalue weighted by molar-refractivity contribution is 9.10. The summed E-state index contributed by atoms with van der Waals surface area (Å²) in [5.41, 5.74) is 4.17. The van der Waals surface area contributed by atoms with Crippen molar-refractivity contribution in [1.82, 2.24) is 0 Å². The fourth-order valence-corrected chi connectivity index (χ4v) is 2.20. The lowest BCUT2D eigenvalue weighted by Crippen LogP contribution is -2.15. The number of amides is 1. The Morgan fingerprint density at radius 2 is 1.79 bits per heavy atom. The molecule has 19 heavy (non-hydrogen) atoms. The van der Waals surface area contributed by atoms with Crippen LogP contribution in [0.2, 0.25) is 0 Å². The summed E-state index contributed by atoms with van der Waals surface area (Å²) < 4.78 is 1.02. The smallest absolute Gasteiger partial charge is 0.228 e. The molecule has 3 heteroatoms. The minimum atomic E-state index is 0.00859. The minimum Gasteiger partial charge on any atom is -0.326 e. The van der Waals surface area contributed by atoms with Gasteiger partial charge in [-0.3, -0.25) is 4.79 Å². The first kappa shape index (κ1) is 13.8. The lowest BCUT2D eigenvalue weighted by molar-refractivity contribution is -0.115. The first-order valence-electron chi connectivity index (χ1n) is 6.16. The number of carbonyl (C=O) groups is 1. The van der Waals surface area contributed by atoms with Crippen LogP contribution < -0.4 is 5.32 Å². The van der Waals surface area contributed by atoms with E-state index >= 15 is 0 Å². The highest BCUT2D eigenvalue weighted by Crippen LogP contribution is 2.17. The van der Waals surface area contributed by atoms with Crippen LogP contribution in [-0.2, 0) is 11.2 Å². The average Bonchev–Trinajstić information content (AvgIpc) is 2.36. The molecule has 1 amide bonds. The molecule has 0 atom stereocenters. The van der Waals surface area contributed by atoms with Gasteiger partial charge in [0.15, 0.2) is 0 Å². The van der Waals surface area contributed by atoms with Gasteiger partial charge < -0.3 is 5.32 Å². The predicted octanol–water partition coefficient (Wildman–Crippen LogP) is 4.25. The van der Waals surface area contributed by atoms with Crippen LogP contribution in [0.25, 0.3) is 0 Å². The molecule has 0 heterocycles. The summed E-state index contributed by atoms with van der Waals surface area (Å²) in [4.78, 5) is 12.0. The van der Waals surface area contributed by atoms with E-state index in [0.29, 0.717) is 6.42 Å². The molecular weight excluding hydrogens is 302 g/mol. The summed E-state index contributed by atoms with van der Waals surface area (Å²) in [6.07, 6.45) is 0.389. The summed E-state index contributed by atoms with van der Waals surface area (Å²) in [6, 6.07) is 13.8. The van der Waals surface area contributed by atoms with E-state index in [0.717, 1.165) is 21.3 Å². The second-order valence-corrected chi connectivity index (χ2v) is 5.59. The van der Waals surface area contributed by atoms with Gasteiger partial charge in [-0.1, -0.05) is 45.8 Å². The van der Waals surface area contributed by atoms with Crippen LogP contribution in [-0.4, -0.2) is 5.91 Å². The number of rotatable bonds is 3. The Kier molecular flexibility index (Phi) is 4.38. The van der Waals surface area contributed by atoms with Crippen molar-refractivity contribution in [3.05, 3.63) is 63.6 Å². The maximum atomic E-state index is 12.0. The Hall–Kier alpha value is -1.61. The second-order valence-electron chi connectivity index (χ2n) is 4.67. The van der Waals surface area contributed by atoms with Crippen molar-refractivity contribution in [2.75, 3.05) is 5.32 Å². The first-order chi connectivity index (χ1) is 9.04. The lowest BCUT2D eigenvalue weighted by Gasteiger charge is -2.09. The molecule has 1 N–H and O–H groups in total. The molecule has 0 fully saturated rings. The third-order valence-electron chi connectivity index (χ3n) is 2.93. The van der Waals surface area contributed by atoms with Gasteiger partial charge in [-0.2, -0.15) is 0 Å². The molecule has 0 unspecified atom stereocenters. The maximum absolute atomic E-state index is 12.0. The molecule has 2 aromatic carbocycles. The van der Waals surface area contributed by atoms with E-state index in [2.05, 4.69) is 27.3 Å². The van der Waals surface area contributed by atoms with Crippen molar-refractivity contribution in [3.63, 3.8) is 0 Å². The summed E-state index contributed by atoms with van der Waals surface area (Å²) in [7, 11) is 0. The van der Waals surface area contributed by atoms with Crippen LogP contribution in [0.4, 0.5) is 5.69 Å². The molecule has 0 saturated heterocycles. The van der Waals surface area contributed by atoms with Crippen molar-refractivity contribution in [3.8, 4) is 0 Å². The van der Waals surface area contributed by atoms with Gasteiger partial charge >= 0.3 is 0 Å². The van der Waals surface area contributed by atoms with Crippen molar-refractivity contribution in [1.29, 1.82) is 0 Å². The topological polar surface area (TPSA) is 29.1 Å². The number of nitrogens with one attached hydrogen (secondary N) is 1. The van der Waals surface area contributed by atoms with E-state index in [1.54, 1.807) is 0 Å². The van der Waals surface area contributed by atoms with Gasteiger partial charge in [0.1, 0.15) is 0 Å². The summed E-state index contributed by atoms with van der Waals surface area (Å²) in [5.74, 6) is 0.00859. The van der Waals surface area contributed by atoms with Crippen LogP contribution in [0.3, 0.4) is 0 Å². The van der Waals surface area contributed by atoms with Crippen molar-refractivity contribution < 1.29 is 4.79 Å². The molecule has 0 aliphatic carbocycles. The molecule has 0 aliphatic heterocycles. The number of aryl methyl sites for hydroxylation is 2. The van der Waals surface area contributed by atoms with E-state index in [9.17, 15) is 4.79 Å². The Morgan fingerprint density at radius 1 is 1.11 bits per heavy atom. The highest BCUT2D eigenvalue weighted by Gasteiger charge is 2.06. The van der Waals surface area contributed by atoms with Crippen molar-refractivity contribution >= 4 is 27.5 Å². The van der Waals surface area contributed by atoms with Gasteiger partial charge in [0, 0.05) is 10.2 Å². The Labute approximate surface area is 122 Å². The quantitative estimate of drug-likeness (QED) is 0.901. The molecule has 0 radical (unpaired) electrons. The molecule has 0 spiro atoms. The van der Waals surface area contributed by atoms with Gasteiger partial charge in [-0.15, -0.1) is 0 Å². The molecule has 0 saturated carbocycles. The summed E-state index contributed by atoms with van der Waals surface area (Å²) in [6.45, 7) is 4.04. The summed E-state index contributed by atoms with van der Waals surface area (Å²) in [5, 5.41) is 2.95. The van der Waals surface area contributed by atoms with Gasteiger partial charge in [0.2, 0.25) is 5.91 Å². The van der Waals surface area contributed by atoms with E-state index < -0.39 is 0 Å². The molecule has 2 aromatic rings. The molecule has 2 nitrogen and oxygen atoms in total. The number of hydrogen-bond donors (Lipinski definition) is 1. The van der Waals surface area contributed by atoms with Gasteiger partial charge in [0.05, 0.1) is 6.42 Å². The second kappa shape index (κ2) is 6.02. The van der Waals surface area contributed by atoms with E-state index in [1.807, 2.05) is 50.2 Å². The normalized spacial score (nSPS) is 10.3. The molecular formula is C16H16BrNO. The highest BCUT2D eigenvalue weighted by atomic mass is 79.9. The molecule has 2 rings (SSSR count). The van der Waals surface area contributed by atoms with E-state index in [1.165, 1.54) is 5.56 Å². The minimum absolute atomic E-state index is 0.00859. The van der Waals surface area contributed by atoms with Crippen LogP contribution in [0, 0.1) is 13.8 Å². The zero-order valence-corrected chi connectivity index (χ0v) is 12.6.